The van der Waals surface area contributed by atoms with Gasteiger partial charge in [-0.05, 0) is 46.2 Å². The van der Waals surface area contributed by atoms with E-state index in [0.29, 0.717) is 6.54 Å². The number of nitrogens with one attached hydrogen (secondary N) is 1. The normalized spacial score (nSPS) is 23.2. The van der Waals surface area contributed by atoms with Crippen molar-refractivity contribution in [2.45, 2.75) is 64.0 Å². The first-order valence-electron chi connectivity index (χ1n) is 9.12. The summed E-state index contributed by atoms with van der Waals surface area (Å²) in [6, 6.07) is 0.791. The van der Waals surface area contributed by atoms with Crippen LogP contribution in [0.4, 0.5) is 0 Å². The van der Waals surface area contributed by atoms with Gasteiger partial charge in [-0.3, -0.25) is 4.99 Å². The number of aliphatic hydroxyl groups is 1. The topological polar surface area (TPSA) is 51.1 Å². The highest BCUT2D eigenvalue weighted by Gasteiger charge is 2.22. The van der Waals surface area contributed by atoms with Crippen molar-refractivity contribution in [3.63, 3.8) is 0 Å². The van der Waals surface area contributed by atoms with Crippen LogP contribution in [0.25, 0.3) is 0 Å². The molecule has 1 aliphatic heterocycles. The van der Waals surface area contributed by atoms with Crippen molar-refractivity contribution in [1.82, 2.24) is 15.1 Å². The molecular formula is C17H35IN4O. The molecule has 0 unspecified atom stereocenters. The predicted molar refractivity (Wildman–Crippen MR) is 108 cm³/mol. The number of guanidine groups is 1. The molecule has 1 aliphatic carbocycles. The molecule has 2 aliphatic rings. The summed E-state index contributed by atoms with van der Waals surface area (Å²) < 4.78 is 0. The lowest BCUT2D eigenvalue weighted by Gasteiger charge is -2.31. The summed E-state index contributed by atoms with van der Waals surface area (Å²) in [4.78, 5) is 9.45. The Kier molecular flexibility index (Phi) is 10.5. The lowest BCUT2D eigenvalue weighted by molar-refractivity contribution is 0.187. The summed E-state index contributed by atoms with van der Waals surface area (Å²) in [6.45, 7) is 6.61. The van der Waals surface area contributed by atoms with E-state index in [9.17, 15) is 5.11 Å². The zero-order chi connectivity index (χ0) is 15.8. The highest BCUT2D eigenvalue weighted by molar-refractivity contribution is 14.0. The summed E-state index contributed by atoms with van der Waals surface area (Å²) in [5.41, 5.74) is 0. The Balaban J connectivity index is 0.00000264. The lowest BCUT2D eigenvalue weighted by Crippen LogP contribution is -2.40. The monoisotopic (exact) mass is 438 g/mol. The largest absolute Gasteiger partial charge is 0.391 e. The van der Waals surface area contributed by atoms with E-state index < -0.39 is 0 Å². The molecule has 1 saturated heterocycles. The average Bonchev–Trinajstić information content (AvgIpc) is 2.97. The summed E-state index contributed by atoms with van der Waals surface area (Å²) in [6.07, 6.45) is 8.73. The van der Waals surface area contributed by atoms with Crippen LogP contribution in [0.2, 0.25) is 0 Å². The van der Waals surface area contributed by atoms with Crippen LogP contribution in [0.5, 0.6) is 0 Å². The second kappa shape index (κ2) is 11.5. The molecule has 0 amide bonds. The Bertz CT molecular complexity index is 347. The van der Waals surface area contributed by atoms with Crippen LogP contribution in [0.3, 0.4) is 0 Å². The molecule has 0 aromatic rings. The van der Waals surface area contributed by atoms with Gasteiger partial charge in [-0.25, -0.2) is 0 Å². The number of aliphatic imine (C=N–C) groups is 1. The van der Waals surface area contributed by atoms with Gasteiger partial charge in [0.1, 0.15) is 0 Å². The van der Waals surface area contributed by atoms with Gasteiger partial charge in [0.25, 0.3) is 0 Å². The molecule has 1 heterocycles. The van der Waals surface area contributed by atoms with Crippen LogP contribution < -0.4 is 5.32 Å². The zero-order valence-corrected chi connectivity index (χ0v) is 17.2. The Labute approximate surface area is 158 Å². The Morgan fingerprint density at radius 1 is 1.26 bits per heavy atom. The van der Waals surface area contributed by atoms with Crippen LogP contribution in [-0.2, 0) is 0 Å². The van der Waals surface area contributed by atoms with Gasteiger partial charge in [-0.15, -0.1) is 24.0 Å². The SMILES string of the molecule is CCNC(=NCCCN(C)C1CCCCC1)N1CC[C@@H](O)C1.I. The number of halogens is 1. The highest BCUT2D eigenvalue weighted by atomic mass is 127. The first-order valence-corrected chi connectivity index (χ1v) is 9.12. The Morgan fingerprint density at radius 3 is 2.61 bits per heavy atom. The molecule has 1 atom stereocenters. The van der Waals surface area contributed by atoms with Gasteiger partial charge < -0.3 is 20.2 Å². The van der Waals surface area contributed by atoms with Crippen molar-refractivity contribution < 1.29 is 5.11 Å². The van der Waals surface area contributed by atoms with Gasteiger partial charge in [0, 0.05) is 32.2 Å². The van der Waals surface area contributed by atoms with Gasteiger partial charge in [0.15, 0.2) is 5.96 Å². The molecule has 2 N–H and O–H groups in total. The second-order valence-electron chi connectivity index (χ2n) is 6.75. The fourth-order valence-corrected chi connectivity index (χ4v) is 3.57. The number of hydrogen-bond donors (Lipinski definition) is 2. The number of rotatable bonds is 6. The number of hydrogen-bond acceptors (Lipinski definition) is 3. The molecule has 6 heteroatoms. The van der Waals surface area contributed by atoms with E-state index in [2.05, 4.69) is 29.1 Å². The van der Waals surface area contributed by atoms with Crippen LogP contribution >= 0.6 is 24.0 Å². The van der Waals surface area contributed by atoms with E-state index in [1.807, 2.05) is 0 Å². The molecule has 0 spiro atoms. The van der Waals surface area contributed by atoms with Crippen molar-refractivity contribution in [3.8, 4) is 0 Å². The van der Waals surface area contributed by atoms with Crippen LogP contribution in [0.1, 0.15) is 51.9 Å². The standard InChI is InChI=1S/C17H34N4O.HI/c1-3-18-17(21-13-10-16(22)14-21)19-11-7-12-20(2)15-8-5-4-6-9-15;/h15-16,22H,3-14H2,1-2H3,(H,18,19);1H/t16-;/m1./s1. The van der Waals surface area contributed by atoms with Crippen LogP contribution in [0.15, 0.2) is 4.99 Å². The molecule has 5 nitrogen and oxygen atoms in total. The quantitative estimate of drug-likeness (QED) is 0.289. The Morgan fingerprint density at radius 2 is 2.00 bits per heavy atom. The van der Waals surface area contributed by atoms with E-state index in [4.69, 9.17) is 4.99 Å². The van der Waals surface area contributed by atoms with Gasteiger partial charge in [0.05, 0.1) is 6.10 Å². The van der Waals surface area contributed by atoms with Gasteiger partial charge in [-0.1, -0.05) is 19.3 Å². The maximum Gasteiger partial charge on any atom is 0.194 e. The third kappa shape index (κ3) is 7.13. The summed E-state index contributed by atoms with van der Waals surface area (Å²) in [5, 5.41) is 13.0. The third-order valence-electron chi connectivity index (χ3n) is 4.93. The molecule has 0 bridgehead atoms. The van der Waals surface area contributed by atoms with Gasteiger partial charge in [0.2, 0.25) is 0 Å². The van der Waals surface area contributed by atoms with Crippen molar-refractivity contribution in [2.24, 2.45) is 4.99 Å². The minimum Gasteiger partial charge on any atom is -0.391 e. The van der Waals surface area contributed by atoms with E-state index >= 15 is 0 Å². The van der Waals surface area contributed by atoms with E-state index in [0.717, 1.165) is 51.0 Å². The molecule has 0 radical (unpaired) electrons. The first kappa shape index (κ1) is 21.0. The van der Waals surface area contributed by atoms with Crippen LogP contribution in [-0.4, -0.2) is 72.8 Å². The second-order valence-corrected chi connectivity index (χ2v) is 6.75. The molecule has 2 rings (SSSR count). The van der Waals surface area contributed by atoms with Gasteiger partial charge in [-0.2, -0.15) is 0 Å². The molecule has 0 aromatic heterocycles. The molecule has 23 heavy (non-hydrogen) atoms. The summed E-state index contributed by atoms with van der Waals surface area (Å²) >= 11 is 0. The van der Waals surface area contributed by atoms with Crippen molar-refractivity contribution in [3.05, 3.63) is 0 Å². The number of likely N-dealkylation sites (tertiary alicyclic amines) is 1. The minimum absolute atomic E-state index is 0. The minimum atomic E-state index is -0.193. The van der Waals surface area contributed by atoms with E-state index in [-0.39, 0.29) is 30.1 Å². The smallest absolute Gasteiger partial charge is 0.194 e. The fourth-order valence-electron chi connectivity index (χ4n) is 3.57. The van der Waals surface area contributed by atoms with E-state index in [1.165, 1.54) is 32.1 Å². The van der Waals surface area contributed by atoms with Crippen LogP contribution in [0, 0.1) is 0 Å². The maximum absolute atomic E-state index is 9.67. The summed E-state index contributed by atoms with van der Waals surface area (Å²) in [5.74, 6) is 0.972. The number of nitrogens with zero attached hydrogens (tertiary/aromatic N) is 3. The highest BCUT2D eigenvalue weighted by Crippen LogP contribution is 2.21. The molecule has 1 saturated carbocycles. The van der Waals surface area contributed by atoms with Gasteiger partial charge >= 0.3 is 0 Å². The average molecular weight is 438 g/mol. The number of aliphatic hydroxyl groups excluding tert-OH is 1. The summed E-state index contributed by atoms with van der Waals surface area (Å²) in [7, 11) is 2.27. The maximum atomic E-state index is 9.67. The predicted octanol–water partition coefficient (Wildman–Crippen LogP) is 2.29. The zero-order valence-electron chi connectivity index (χ0n) is 14.8. The van der Waals surface area contributed by atoms with Crippen molar-refractivity contribution in [1.29, 1.82) is 0 Å². The van der Waals surface area contributed by atoms with Crippen molar-refractivity contribution in [2.75, 3.05) is 39.8 Å². The third-order valence-corrected chi connectivity index (χ3v) is 4.93. The van der Waals surface area contributed by atoms with E-state index in [1.54, 1.807) is 0 Å². The number of β-amino-alcohol motifs (C(OH)–C–C–N with tert-alkyl or cyclic N) is 1. The first-order chi connectivity index (χ1) is 10.7. The molecule has 0 aromatic carbocycles. The molecule has 2 fully saturated rings. The molecular weight excluding hydrogens is 403 g/mol. The lowest BCUT2D eigenvalue weighted by atomic mass is 9.94. The molecule has 136 valence electrons. The fraction of sp³-hybridized carbons (Fsp3) is 0.941. The Hall–Kier alpha value is -0.0800. The van der Waals surface area contributed by atoms with Crippen molar-refractivity contribution >= 4 is 29.9 Å².